The first kappa shape index (κ1) is 14.8. The molecule has 1 atom stereocenters. The maximum absolute atomic E-state index is 12.7. The molecule has 0 radical (unpaired) electrons. The molecule has 1 saturated heterocycles. The second kappa shape index (κ2) is 6.07. The molecule has 0 spiro atoms. The summed E-state index contributed by atoms with van der Waals surface area (Å²) < 4.78 is 0. The lowest BCUT2D eigenvalue weighted by Gasteiger charge is -2.40. The van der Waals surface area contributed by atoms with E-state index in [2.05, 4.69) is 12.1 Å². The summed E-state index contributed by atoms with van der Waals surface area (Å²) in [6, 6.07) is 0.246. The van der Waals surface area contributed by atoms with Crippen LogP contribution < -0.4 is 5.73 Å². The van der Waals surface area contributed by atoms with Crippen LogP contribution in [0.5, 0.6) is 0 Å². The third kappa shape index (κ3) is 2.44. The standard InChI is InChI=1S/C13H25N3O2/c1-4-13(5-2,11(14)15-18)12(17)16-9-7-6-8-10(16)3/h10,18H,4-9H2,1-3H3,(H2,14,15). The van der Waals surface area contributed by atoms with Crippen LogP contribution in [0, 0.1) is 5.41 Å². The van der Waals surface area contributed by atoms with Crippen molar-refractivity contribution in [3.63, 3.8) is 0 Å². The lowest BCUT2D eigenvalue weighted by molar-refractivity contribution is -0.142. The topological polar surface area (TPSA) is 78.9 Å². The highest BCUT2D eigenvalue weighted by atomic mass is 16.4. The molecule has 5 nitrogen and oxygen atoms in total. The normalized spacial score (nSPS) is 22.1. The van der Waals surface area contributed by atoms with Gasteiger partial charge in [-0.05, 0) is 39.0 Å². The van der Waals surface area contributed by atoms with Crippen LogP contribution in [0.15, 0.2) is 5.16 Å². The molecule has 1 fully saturated rings. The Morgan fingerprint density at radius 2 is 2.06 bits per heavy atom. The van der Waals surface area contributed by atoms with Crippen LogP contribution in [-0.4, -0.2) is 34.4 Å². The lowest BCUT2D eigenvalue weighted by atomic mass is 9.78. The molecule has 1 aliphatic rings. The monoisotopic (exact) mass is 255 g/mol. The molecule has 1 aliphatic heterocycles. The number of nitrogens with two attached hydrogens (primary N) is 1. The van der Waals surface area contributed by atoms with Gasteiger partial charge in [-0.1, -0.05) is 19.0 Å². The molecule has 18 heavy (non-hydrogen) atoms. The molecule has 3 N–H and O–H groups in total. The number of carbonyl (C=O) groups is 1. The van der Waals surface area contributed by atoms with E-state index in [0.717, 1.165) is 19.4 Å². The van der Waals surface area contributed by atoms with Gasteiger partial charge in [-0.3, -0.25) is 4.79 Å². The second-order valence-corrected chi connectivity index (χ2v) is 5.12. The van der Waals surface area contributed by atoms with Crippen molar-refractivity contribution < 1.29 is 10.0 Å². The van der Waals surface area contributed by atoms with Crippen LogP contribution in [-0.2, 0) is 4.79 Å². The zero-order valence-electron chi connectivity index (χ0n) is 11.6. The van der Waals surface area contributed by atoms with Crippen molar-refractivity contribution in [1.82, 2.24) is 4.90 Å². The number of nitrogens with zero attached hydrogens (tertiary/aromatic N) is 2. The number of amides is 1. The summed E-state index contributed by atoms with van der Waals surface area (Å²) >= 11 is 0. The number of hydrogen-bond donors (Lipinski definition) is 2. The van der Waals surface area contributed by atoms with Crippen molar-refractivity contribution in [2.75, 3.05) is 6.54 Å². The summed E-state index contributed by atoms with van der Waals surface area (Å²) in [6.45, 7) is 6.67. The average molecular weight is 255 g/mol. The second-order valence-electron chi connectivity index (χ2n) is 5.12. The Kier molecular flexibility index (Phi) is 4.99. The van der Waals surface area contributed by atoms with E-state index in [0.29, 0.717) is 12.8 Å². The Labute approximate surface area is 109 Å². The SMILES string of the molecule is CCC(CC)(C(=O)N1CCCCC1C)C(N)=NO. The largest absolute Gasteiger partial charge is 0.409 e. The molecule has 0 aromatic heterocycles. The molecule has 1 heterocycles. The molecule has 0 bridgehead atoms. The average Bonchev–Trinajstić information content (AvgIpc) is 2.40. The van der Waals surface area contributed by atoms with Crippen molar-refractivity contribution in [3.05, 3.63) is 0 Å². The predicted molar refractivity (Wildman–Crippen MR) is 71.4 cm³/mol. The smallest absolute Gasteiger partial charge is 0.236 e. The van der Waals surface area contributed by atoms with Gasteiger partial charge >= 0.3 is 0 Å². The third-order valence-electron chi connectivity index (χ3n) is 4.28. The van der Waals surface area contributed by atoms with E-state index in [1.807, 2.05) is 18.7 Å². The zero-order valence-corrected chi connectivity index (χ0v) is 11.6. The molecule has 1 rings (SSSR count). The molecule has 0 aliphatic carbocycles. The van der Waals surface area contributed by atoms with E-state index < -0.39 is 5.41 Å². The number of oxime groups is 1. The summed E-state index contributed by atoms with van der Waals surface area (Å²) in [4.78, 5) is 14.6. The molecule has 1 amide bonds. The van der Waals surface area contributed by atoms with Gasteiger partial charge in [0.05, 0.1) is 0 Å². The van der Waals surface area contributed by atoms with Gasteiger partial charge < -0.3 is 15.8 Å². The Hall–Kier alpha value is -1.26. The molecular formula is C13H25N3O2. The molecule has 0 aromatic carbocycles. The summed E-state index contributed by atoms with van der Waals surface area (Å²) in [5, 5.41) is 12.0. The van der Waals surface area contributed by atoms with Crippen molar-refractivity contribution in [2.24, 2.45) is 16.3 Å². The van der Waals surface area contributed by atoms with Crippen LogP contribution in [0.4, 0.5) is 0 Å². The lowest BCUT2D eigenvalue weighted by Crippen LogP contribution is -2.54. The fraction of sp³-hybridized carbons (Fsp3) is 0.846. The third-order valence-corrected chi connectivity index (χ3v) is 4.28. The maximum atomic E-state index is 12.7. The van der Waals surface area contributed by atoms with Crippen LogP contribution in [0.3, 0.4) is 0 Å². The summed E-state index contributed by atoms with van der Waals surface area (Å²) in [5.41, 5.74) is 4.93. The highest BCUT2D eigenvalue weighted by molar-refractivity contribution is 6.06. The first-order valence-corrected chi connectivity index (χ1v) is 6.82. The summed E-state index contributed by atoms with van der Waals surface area (Å²) in [6.07, 6.45) is 4.35. The Morgan fingerprint density at radius 1 is 1.44 bits per heavy atom. The van der Waals surface area contributed by atoms with Gasteiger partial charge in [-0.2, -0.15) is 0 Å². The Bertz CT molecular complexity index is 324. The maximum Gasteiger partial charge on any atom is 0.236 e. The number of piperidine rings is 1. The molecule has 0 saturated carbocycles. The van der Waals surface area contributed by atoms with Gasteiger partial charge in [0.25, 0.3) is 0 Å². The Balaban J connectivity index is 3.02. The quantitative estimate of drug-likeness (QED) is 0.349. The minimum absolute atomic E-state index is 0.00926. The minimum Gasteiger partial charge on any atom is -0.409 e. The van der Waals surface area contributed by atoms with Crippen LogP contribution in [0.1, 0.15) is 52.9 Å². The number of rotatable bonds is 4. The van der Waals surface area contributed by atoms with E-state index in [1.165, 1.54) is 6.42 Å². The van der Waals surface area contributed by atoms with Crippen molar-refractivity contribution in [2.45, 2.75) is 58.9 Å². The predicted octanol–water partition coefficient (Wildman–Crippen LogP) is 1.94. The van der Waals surface area contributed by atoms with Gasteiger partial charge in [-0.25, -0.2) is 0 Å². The summed E-state index contributed by atoms with van der Waals surface area (Å²) in [7, 11) is 0. The van der Waals surface area contributed by atoms with Gasteiger partial charge in [0, 0.05) is 12.6 Å². The highest BCUT2D eigenvalue weighted by Gasteiger charge is 2.43. The molecular weight excluding hydrogens is 230 g/mol. The fourth-order valence-electron chi connectivity index (χ4n) is 2.79. The molecule has 5 heteroatoms. The van der Waals surface area contributed by atoms with Crippen molar-refractivity contribution in [1.29, 1.82) is 0 Å². The van der Waals surface area contributed by atoms with E-state index in [1.54, 1.807) is 0 Å². The van der Waals surface area contributed by atoms with Crippen molar-refractivity contribution in [3.8, 4) is 0 Å². The van der Waals surface area contributed by atoms with Crippen LogP contribution in [0.25, 0.3) is 0 Å². The first-order valence-electron chi connectivity index (χ1n) is 6.82. The minimum atomic E-state index is -0.847. The van der Waals surface area contributed by atoms with E-state index >= 15 is 0 Å². The van der Waals surface area contributed by atoms with E-state index in [9.17, 15) is 4.79 Å². The fourth-order valence-corrected chi connectivity index (χ4v) is 2.79. The van der Waals surface area contributed by atoms with Gasteiger partial charge in [0.2, 0.25) is 5.91 Å². The van der Waals surface area contributed by atoms with Crippen LogP contribution in [0.2, 0.25) is 0 Å². The number of hydrogen-bond acceptors (Lipinski definition) is 3. The van der Waals surface area contributed by atoms with Gasteiger partial charge in [-0.15, -0.1) is 0 Å². The Morgan fingerprint density at radius 3 is 2.50 bits per heavy atom. The summed E-state index contributed by atoms with van der Waals surface area (Å²) in [5.74, 6) is 0.0465. The zero-order chi connectivity index (χ0) is 13.8. The number of likely N-dealkylation sites (tertiary alicyclic amines) is 1. The molecule has 104 valence electrons. The van der Waals surface area contributed by atoms with Crippen molar-refractivity contribution >= 4 is 11.7 Å². The molecule has 0 aromatic rings. The van der Waals surface area contributed by atoms with E-state index in [-0.39, 0.29) is 17.8 Å². The van der Waals surface area contributed by atoms with Gasteiger partial charge in [0.1, 0.15) is 5.41 Å². The molecule has 1 unspecified atom stereocenters. The van der Waals surface area contributed by atoms with Gasteiger partial charge in [0.15, 0.2) is 5.84 Å². The number of amidine groups is 1. The first-order chi connectivity index (χ1) is 8.53. The van der Waals surface area contributed by atoms with Crippen LogP contribution >= 0.6 is 0 Å². The van der Waals surface area contributed by atoms with E-state index in [4.69, 9.17) is 10.9 Å². The highest BCUT2D eigenvalue weighted by Crippen LogP contribution is 2.32. The number of carbonyl (C=O) groups excluding carboxylic acids is 1.